The number of para-hydroxylation sites is 2. The molecule has 3 rings (SSSR count). The molecule has 100 valence electrons. The largest absolute Gasteiger partial charge is 0.484 e. The third kappa shape index (κ3) is 2.28. The van der Waals surface area contributed by atoms with E-state index >= 15 is 0 Å². The molecule has 1 heterocycles. The van der Waals surface area contributed by atoms with Crippen molar-refractivity contribution in [2.75, 3.05) is 5.73 Å². The Labute approximate surface area is 115 Å². The number of aromatic nitrogens is 1. The van der Waals surface area contributed by atoms with Gasteiger partial charge in [0.05, 0.1) is 11.2 Å². The molecule has 0 spiro atoms. The zero-order valence-electron chi connectivity index (χ0n) is 10.7. The van der Waals surface area contributed by atoms with Crippen molar-refractivity contribution in [3.05, 3.63) is 66.1 Å². The molecule has 0 aliphatic heterocycles. The van der Waals surface area contributed by atoms with Gasteiger partial charge in [-0.3, -0.25) is 4.98 Å². The smallest absolute Gasteiger partial charge is 0.178 e. The molecule has 3 aromatic rings. The van der Waals surface area contributed by atoms with Crippen LogP contribution in [-0.2, 0) is 6.61 Å². The second kappa shape index (κ2) is 5.17. The van der Waals surface area contributed by atoms with Crippen molar-refractivity contribution >= 4 is 16.6 Å². The van der Waals surface area contributed by atoms with Crippen LogP contribution < -0.4 is 10.5 Å². The van der Waals surface area contributed by atoms with Crippen molar-refractivity contribution in [3.63, 3.8) is 0 Å². The highest BCUT2D eigenvalue weighted by atomic mass is 19.1. The van der Waals surface area contributed by atoms with Crippen molar-refractivity contribution in [1.29, 1.82) is 0 Å². The number of anilines is 1. The fourth-order valence-electron chi connectivity index (χ4n) is 2.11. The minimum atomic E-state index is -0.455. The van der Waals surface area contributed by atoms with E-state index in [1.165, 1.54) is 6.07 Å². The Hall–Kier alpha value is -2.62. The molecule has 1 aromatic heterocycles. The molecule has 0 aliphatic rings. The number of rotatable bonds is 3. The van der Waals surface area contributed by atoms with Crippen molar-refractivity contribution in [2.45, 2.75) is 6.61 Å². The number of fused-ring (bicyclic) bond motifs is 1. The van der Waals surface area contributed by atoms with Crippen molar-refractivity contribution in [2.24, 2.45) is 0 Å². The lowest BCUT2D eigenvalue weighted by atomic mass is 10.1. The van der Waals surface area contributed by atoms with E-state index in [9.17, 15) is 4.39 Å². The number of ether oxygens (including phenoxy) is 1. The van der Waals surface area contributed by atoms with E-state index in [0.29, 0.717) is 5.69 Å². The molecule has 20 heavy (non-hydrogen) atoms. The highest BCUT2D eigenvalue weighted by Crippen LogP contribution is 2.26. The first-order valence-corrected chi connectivity index (χ1v) is 6.25. The van der Waals surface area contributed by atoms with Gasteiger partial charge >= 0.3 is 0 Å². The molecule has 2 aromatic carbocycles. The zero-order valence-corrected chi connectivity index (χ0v) is 10.7. The van der Waals surface area contributed by atoms with Gasteiger partial charge in [-0.1, -0.05) is 24.3 Å². The van der Waals surface area contributed by atoms with E-state index in [0.717, 1.165) is 16.5 Å². The molecule has 3 nitrogen and oxygen atoms in total. The maximum atomic E-state index is 13.6. The van der Waals surface area contributed by atoms with Gasteiger partial charge in [-0.2, -0.15) is 0 Å². The molecule has 0 amide bonds. The maximum absolute atomic E-state index is 13.6. The van der Waals surface area contributed by atoms with E-state index in [2.05, 4.69) is 4.98 Å². The summed E-state index contributed by atoms with van der Waals surface area (Å²) in [4.78, 5) is 4.28. The maximum Gasteiger partial charge on any atom is 0.178 e. The fourth-order valence-corrected chi connectivity index (χ4v) is 2.11. The van der Waals surface area contributed by atoms with E-state index in [-0.39, 0.29) is 12.4 Å². The molecule has 0 atom stereocenters. The molecule has 0 aliphatic carbocycles. The number of hydrogen-bond donors (Lipinski definition) is 1. The van der Waals surface area contributed by atoms with Crippen molar-refractivity contribution in [1.82, 2.24) is 4.98 Å². The molecule has 0 fully saturated rings. The summed E-state index contributed by atoms with van der Waals surface area (Å²) in [5.41, 5.74) is 7.84. The van der Waals surface area contributed by atoms with Gasteiger partial charge in [0, 0.05) is 17.1 Å². The quantitative estimate of drug-likeness (QED) is 0.739. The number of hydrogen-bond acceptors (Lipinski definition) is 3. The van der Waals surface area contributed by atoms with Gasteiger partial charge in [0.15, 0.2) is 11.6 Å². The van der Waals surface area contributed by atoms with Crippen LogP contribution in [0.25, 0.3) is 10.9 Å². The van der Waals surface area contributed by atoms with E-state index in [1.54, 1.807) is 18.3 Å². The first kappa shape index (κ1) is 12.4. The summed E-state index contributed by atoms with van der Waals surface area (Å²) in [6.45, 7) is 0.244. The summed E-state index contributed by atoms with van der Waals surface area (Å²) in [7, 11) is 0. The van der Waals surface area contributed by atoms with E-state index in [1.807, 2.05) is 30.3 Å². The van der Waals surface area contributed by atoms with Crippen LogP contribution in [0.3, 0.4) is 0 Å². The summed E-state index contributed by atoms with van der Waals surface area (Å²) >= 11 is 0. The Balaban J connectivity index is 1.91. The van der Waals surface area contributed by atoms with Crippen molar-refractivity contribution in [3.8, 4) is 5.75 Å². The first-order valence-electron chi connectivity index (χ1n) is 6.25. The van der Waals surface area contributed by atoms with Crippen LogP contribution in [0.15, 0.2) is 54.7 Å². The van der Waals surface area contributed by atoms with Crippen LogP contribution in [0, 0.1) is 5.82 Å². The van der Waals surface area contributed by atoms with Gasteiger partial charge in [-0.15, -0.1) is 0 Å². The fraction of sp³-hybridized carbons (Fsp3) is 0.0625. The SMILES string of the molecule is Nc1cccc(F)c1OCc1ccnc2ccccc12. The highest BCUT2D eigenvalue weighted by Gasteiger charge is 2.08. The van der Waals surface area contributed by atoms with Crippen LogP contribution >= 0.6 is 0 Å². The number of pyridine rings is 1. The third-order valence-corrected chi connectivity index (χ3v) is 3.11. The first-order chi connectivity index (χ1) is 9.75. The van der Waals surface area contributed by atoms with Crippen molar-refractivity contribution < 1.29 is 9.13 Å². The molecular formula is C16H13FN2O. The Morgan fingerprint density at radius 3 is 2.75 bits per heavy atom. The number of halogens is 1. The highest BCUT2D eigenvalue weighted by molar-refractivity contribution is 5.81. The summed E-state index contributed by atoms with van der Waals surface area (Å²) in [6, 6.07) is 14.1. The topological polar surface area (TPSA) is 48.1 Å². The van der Waals surface area contributed by atoms with Gasteiger partial charge in [0.1, 0.15) is 6.61 Å². The number of nitrogen functional groups attached to an aromatic ring is 1. The molecule has 0 saturated heterocycles. The molecule has 0 bridgehead atoms. The standard InChI is InChI=1S/C16H13FN2O/c17-13-5-3-6-14(18)16(13)20-10-11-8-9-19-15-7-2-1-4-12(11)15/h1-9H,10,18H2. The summed E-state index contributed by atoms with van der Waals surface area (Å²) in [5, 5.41) is 0.991. The number of nitrogens with zero attached hydrogens (tertiary/aromatic N) is 1. The normalized spacial score (nSPS) is 10.7. The lowest BCUT2D eigenvalue weighted by Gasteiger charge is -2.11. The molecule has 0 unspecified atom stereocenters. The van der Waals surface area contributed by atoms with Crippen LogP contribution in [0.2, 0.25) is 0 Å². The lowest BCUT2D eigenvalue weighted by Crippen LogP contribution is -2.01. The second-order valence-corrected chi connectivity index (χ2v) is 4.43. The summed E-state index contributed by atoms with van der Waals surface area (Å²) in [6.07, 6.45) is 1.71. The lowest BCUT2D eigenvalue weighted by molar-refractivity contribution is 0.293. The van der Waals surface area contributed by atoms with Crippen LogP contribution in [-0.4, -0.2) is 4.98 Å². The zero-order chi connectivity index (χ0) is 13.9. The molecule has 0 saturated carbocycles. The molecule has 4 heteroatoms. The van der Waals surface area contributed by atoms with Crippen LogP contribution in [0.4, 0.5) is 10.1 Å². The van der Waals surface area contributed by atoms with Crippen LogP contribution in [0.1, 0.15) is 5.56 Å². The van der Waals surface area contributed by atoms with E-state index in [4.69, 9.17) is 10.5 Å². The van der Waals surface area contributed by atoms with Gasteiger partial charge in [0.2, 0.25) is 0 Å². The molecular weight excluding hydrogens is 255 g/mol. The minimum absolute atomic E-state index is 0.0911. The van der Waals surface area contributed by atoms with Crippen LogP contribution in [0.5, 0.6) is 5.75 Å². The Morgan fingerprint density at radius 2 is 1.90 bits per heavy atom. The van der Waals surface area contributed by atoms with Gasteiger partial charge in [-0.25, -0.2) is 4.39 Å². The average Bonchev–Trinajstić information content (AvgIpc) is 2.47. The summed E-state index contributed by atoms with van der Waals surface area (Å²) < 4.78 is 19.2. The van der Waals surface area contributed by atoms with E-state index < -0.39 is 5.82 Å². The number of nitrogens with two attached hydrogens (primary N) is 1. The summed E-state index contributed by atoms with van der Waals surface area (Å²) in [5.74, 6) is -0.364. The van der Waals surface area contributed by atoms with Gasteiger partial charge in [-0.05, 0) is 24.3 Å². The average molecular weight is 268 g/mol. The minimum Gasteiger partial charge on any atom is -0.484 e. The van der Waals surface area contributed by atoms with Gasteiger partial charge in [0.25, 0.3) is 0 Å². The second-order valence-electron chi connectivity index (χ2n) is 4.43. The monoisotopic (exact) mass is 268 g/mol. The molecule has 2 N–H and O–H groups in total. The Kier molecular flexibility index (Phi) is 3.21. The molecule has 0 radical (unpaired) electrons. The predicted molar refractivity (Wildman–Crippen MR) is 76.9 cm³/mol. The van der Waals surface area contributed by atoms with Gasteiger partial charge < -0.3 is 10.5 Å². The Bertz CT molecular complexity index is 733. The number of benzene rings is 2. The Morgan fingerprint density at radius 1 is 1.05 bits per heavy atom. The predicted octanol–water partition coefficient (Wildman–Crippen LogP) is 3.54. The third-order valence-electron chi connectivity index (χ3n) is 3.11.